The molecule has 0 atom stereocenters. The Kier molecular flexibility index (Phi) is 6.55. The Bertz CT molecular complexity index is 2000. The molecule has 42 heavy (non-hydrogen) atoms. The van der Waals surface area contributed by atoms with Gasteiger partial charge in [0.05, 0.1) is 11.1 Å². The van der Waals surface area contributed by atoms with Gasteiger partial charge in [0.15, 0.2) is 0 Å². The van der Waals surface area contributed by atoms with Crippen molar-refractivity contribution in [2.24, 2.45) is 0 Å². The molecule has 3 aromatic rings. The first-order valence-electron chi connectivity index (χ1n) is 12.4. The fourth-order valence-electron chi connectivity index (χ4n) is 5.43. The van der Waals surface area contributed by atoms with Crippen LogP contribution in [0.15, 0.2) is 59.7 Å². The van der Waals surface area contributed by atoms with Crippen LogP contribution in [0.2, 0.25) is 0 Å². The number of hydrogen-bond donors (Lipinski definition) is 0. The topological polar surface area (TPSA) is 143 Å². The van der Waals surface area contributed by atoms with Gasteiger partial charge in [0, 0.05) is 44.5 Å². The van der Waals surface area contributed by atoms with Crippen LogP contribution in [0.25, 0.3) is 33.4 Å². The standard InChI is InChI=1S/C34H14F2N6/c1-17-3-5-21(29(35)7-17)33-27(15-41)23-9-26-24(10-25(23)31(33)19(11-37)12-38)28(16-42)34(32(26)20(13-39)14-40)22-6-4-18(2)8-30(22)36/h3-10H,1-2H3. The smallest absolute Gasteiger partial charge is 0.138 e. The normalized spacial score (nSPS) is 12.8. The Morgan fingerprint density at radius 2 is 0.857 bits per heavy atom. The van der Waals surface area contributed by atoms with Crippen molar-refractivity contribution in [3.63, 3.8) is 0 Å². The van der Waals surface area contributed by atoms with E-state index < -0.39 is 11.6 Å². The molecule has 6 nitrogen and oxygen atoms in total. The first kappa shape index (κ1) is 27.0. The Balaban J connectivity index is 1.95. The number of hydrogen-bond acceptors (Lipinski definition) is 6. The number of nitriles is 6. The van der Waals surface area contributed by atoms with Gasteiger partial charge in [-0.2, -0.15) is 31.6 Å². The molecule has 2 aliphatic carbocycles. The molecule has 0 unspecified atom stereocenters. The first-order chi connectivity index (χ1) is 20.2. The lowest BCUT2D eigenvalue weighted by Crippen LogP contribution is -1.96. The molecule has 0 bridgehead atoms. The Labute approximate surface area is 239 Å². The molecule has 8 heteroatoms. The number of benzene rings is 3. The highest BCUT2D eigenvalue weighted by Gasteiger charge is 2.38. The molecular weight excluding hydrogens is 530 g/mol. The van der Waals surface area contributed by atoms with E-state index in [4.69, 9.17) is 0 Å². The van der Waals surface area contributed by atoms with Gasteiger partial charge in [0.1, 0.15) is 59.2 Å². The highest BCUT2D eigenvalue weighted by atomic mass is 19.1. The maximum atomic E-state index is 15.3. The van der Waals surface area contributed by atoms with Crippen LogP contribution in [0, 0.1) is 93.5 Å². The van der Waals surface area contributed by atoms with E-state index in [0.29, 0.717) is 11.1 Å². The first-order valence-corrected chi connectivity index (χ1v) is 12.4. The Morgan fingerprint density at radius 3 is 1.14 bits per heavy atom. The monoisotopic (exact) mass is 544 g/mol. The fourth-order valence-corrected chi connectivity index (χ4v) is 5.43. The second kappa shape index (κ2) is 10.2. The van der Waals surface area contributed by atoms with E-state index in [9.17, 15) is 31.6 Å². The van der Waals surface area contributed by atoms with Gasteiger partial charge >= 0.3 is 0 Å². The van der Waals surface area contributed by atoms with Crippen LogP contribution in [0.3, 0.4) is 0 Å². The number of nitrogens with zero attached hydrogens (tertiary/aromatic N) is 6. The minimum atomic E-state index is -0.669. The van der Waals surface area contributed by atoms with E-state index in [1.54, 1.807) is 26.0 Å². The van der Waals surface area contributed by atoms with E-state index in [0.717, 1.165) is 0 Å². The molecule has 0 N–H and O–H groups in total. The van der Waals surface area contributed by atoms with Gasteiger partial charge in [0.2, 0.25) is 0 Å². The van der Waals surface area contributed by atoms with E-state index in [-0.39, 0.29) is 78.0 Å². The summed E-state index contributed by atoms with van der Waals surface area (Å²) in [6, 6.07) is 23.1. The van der Waals surface area contributed by atoms with Gasteiger partial charge in [-0.05, 0) is 60.4 Å². The molecule has 5 rings (SSSR count). The highest BCUT2D eigenvalue weighted by Crippen LogP contribution is 2.54. The molecule has 0 fully saturated rings. The summed E-state index contributed by atoms with van der Waals surface area (Å²) < 4.78 is 30.6. The molecule has 194 valence electrons. The van der Waals surface area contributed by atoms with Crippen molar-refractivity contribution in [3.05, 3.63) is 116 Å². The zero-order chi connectivity index (χ0) is 30.3. The molecule has 3 aromatic carbocycles. The summed E-state index contributed by atoms with van der Waals surface area (Å²) in [5, 5.41) is 60.0. The maximum Gasteiger partial charge on any atom is 0.138 e. The van der Waals surface area contributed by atoms with Crippen LogP contribution in [-0.2, 0) is 0 Å². The van der Waals surface area contributed by atoms with Gasteiger partial charge < -0.3 is 0 Å². The van der Waals surface area contributed by atoms with Crippen LogP contribution in [0.5, 0.6) is 0 Å². The molecule has 0 aromatic heterocycles. The summed E-state index contributed by atoms with van der Waals surface area (Å²) in [4.78, 5) is 0. The summed E-state index contributed by atoms with van der Waals surface area (Å²) in [5.74, 6) is -1.34. The zero-order valence-corrected chi connectivity index (χ0v) is 22.1. The van der Waals surface area contributed by atoms with E-state index in [2.05, 4.69) is 12.1 Å². The van der Waals surface area contributed by atoms with Crippen molar-refractivity contribution in [2.45, 2.75) is 13.8 Å². The number of allylic oxidation sites excluding steroid dienone is 8. The van der Waals surface area contributed by atoms with Crippen LogP contribution in [0.1, 0.15) is 44.5 Å². The van der Waals surface area contributed by atoms with Crippen molar-refractivity contribution in [1.82, 2.24) is 0 Å². The highest BCUT2D eigenvalue weighted by molar-refractivity contribution is 6.29. The number of rotatable bonds is 2. The molecule has 0 spiro atoms. The number of aryl methyl sites for hydroxylation is 2. The molecule has 0 aliphatic heterocycles. The second-order valence-electron chi connectivity index (χ2n) is 9.58. The minimum Gasteiger partial charge on any atom is -0.206 e. The maximum absolute atomic E-state index is 15.3. The van der Waals surface area contributed by atoms with E-state index in [1.807, 2.05) is 24.3 Å². The summed E-state index contributed by atoms with van der Waals surface area (Å²) in [7, 11) is 0. The van der Waals surface area contributed by atoms with Crippen molar-refractivity contribution < 1.29 is 8.78 Å². The summed E-state index contributed by atoms with van der Waals surface area (Å²) >= 11 is 0. The summed E-state index contributed by atoms with van der Waals surface area (Å²) in [5.41, 5.74) is 1.30. The van der Waals surface area contributed by atoms with Gasteiger partial charge in [-0.1, -0.05) is 24.3 Å². The number of halogens is 2. The van der Waals surface area contributed by atoms with Crippen molar-refractivity contribution in [1.29, 1.82) is 31.6 Å². The summed E-state index contributed by atoms with van der Waals surface area (Å²) in [6.45, 7) is 3.38. The molecule has 0 saturated carbocycles. The molecule has 0 radical (unpaired) electrons. The molecule has 0 amide bonds. The van der Waals surface area contributed by atoms with Gasteiger partial charge in [-0.25, -0.2) is 8.78 Å². The second-order valence-corrected chi connectivity index (χ2v) is 9.58. The van der Waals surface area contributed by atoms with Gasteiger partial charge in [-0.3, -0.25) is 0 Å². The quantitative estimate of drug-likeness (QED) is 0.315. The van der Waals surface area contributed by atoms with E-state index >= 15 is 8.78 Å². The third-order valence-electron chi connectivity index (χ3n) is 7.19. The third-order valence-corrected chi connectivity index (χ3v) is 7.19. The SMILES string of the molecule is Cc1ccc(C2=C(C#N)c3cc4c(cc3C2=C(C#N)C#N)C(C#N)=C(c2ccc(C)cc2F)C4=C(C#N)C#N)c(F)c1. The lowest BCUT2D eigenvalue weighted by molar-refractivity contribution is 0.623. The predicted molar refractivity (Wildman–Crippen MR) is 150 cm³/mol. The molecule has 0 saturated heterocycles. The Hall–Kier alpha value is -6.58. The van der Waals surface area contributed by atoms with Crippen molar-refractivity contribution in [3.8, 4) is 36.4 Å². The predicted octanol–water partition coefficient (Wildman–Crippen LogP) is 7.08. The fraction of sp³-hybridized carbons (Fsp3) is 0.0588. The van der Waals surface area contributed by atoms with Crippen molar-refractivity contribution >= 4 is 33.4 Å². The van der Waals surface area contributed by atoms with Crippen LogP contribution < -0.4 is 0 Å². The summed E-state index contributed by atoms with van der Waals surface area (Å²) in [6.07, 6.45) is 0. The largest absolute Gasteiger partial charge is 0.206 e. The van der Waals surface area contributed by atoms with Crippen LogP contribution in [-0.4, -0.2) is 0 Å². The van der Waals surface area contributed by atoms with Crippen molar-refractivity contribution in [2.75, 3.05) is 0 Å². The minimum absolute atomic E-state index is 0.00419. The average Bonchev–Trinajstić information content (AvgIpc) is 3.45. The van der Waals surface area contributed by atoms with E-state index in [1.165, 1.54) is 36.4 Å². The van der Waals surface area contributed by atoms with Crippen LogP contribution in [0.4, 0.5) is 8.78 Å². The lowest BCUT2D eigenvalue weighted by atomic mass is 9.90. The van der Waals surface area contributed by atoms with Gasteiger partial charge in [0.25, 0.3) is 0 Å². The average molecular weight is 545 g/mol. The molecule has 2 aliphatic rings. The third kappa shape index (κ3) is 3.86. The molecular formula is C34H14F2N6. The number of fused-ring (bicyclic) bond motifs is 2. The Morgan fingerprint density at radius 1 is 0.500 bits per heavy atom. The zero-order valence-electron chi connectivity index (χ0n) is 22.1. The molecule has 0 heterocycles. The lowest BCUT2D eigenvalue weighted by Gasteiger charge is -2.11. The van der Waals surface area contributed by atoms with Crippen LogP contribution >= 0.6 is 0 Å². The van der Waals surface area contributed by atoms with Gasteiger partial charge in [-0.15, -0.1) is 0 Å².